The number of rotatable bonds is 5. The van der Waals surface area contributed by atoms with Crippen molar-refractivity contribution in [2.75, 3.05) is 26.2 Å². The molecule has 7 nitrogen and oxygen atoms in total. The molecule has 0 saturated carbocycles. The van der Waals surface area contributed by atoms with E-state index in [1.807, 2.05) is 28.9 Å². The predicted molar refractivity (Wildman–Crippen MR) is 105 cm³/mol. The van der Waals surface area contributed by atoms with Gasteiger partial charge in [0.15, 0.2) is 11.5 Å². The van der Waals surface area contributed by atoms with Gasteiger partial charge in [0.25, 0.3) is 5.91 Å². The van der Waals surface area contributed by atoms with Crippen molar-refractivity contribution >= 4 is 11.8 Å². The number of H-pyrrole nitrogens is 1. The van der Waals surface area contributed by atoms with Crippen LogP contribution in [0.1, 0.15) is 54.8 Å². The lowest BCUT2D eigenvalue weighted by Gasteiger charge is -2.32. The first kappa shape index (κ1) is 18.8. The molecule has 2 saturated heterocycles. The number of piperidine rings is 1. The molecule has 2 aromatic rings. The Hall–Kier alpha value is -2.57. The van der Waals surface area contributed by atoms with Crippen LogP contribution in [0.25, 0.3) is 11.5 Å². The van der Waals surface area contributed by atoms with Crippen molar-refractivity contribution in [3.05, 3.63) is 29.7 Å². The van der Waals surface area contributed by atoms with Gasteiger partial charge in [-0.1, -0.05) is 0 Å². The van der Waals surface area contributed by atoms with Gasteiger partial charge in [-0.15, -0.1) is 0 Å². The number of hydrogen-bond donors (Lipinski definition) is 1. The number of furan rings is 1. The van der Waals surface area contributed by atoms with Gasteiger partial charge in [-0.25, -0.2) is 0 Å². The molecule has 4 rings (SSSR count). The molecule has 150 valence electrons. The summed E-state index contributed by atoms with van der Waals surface area (Å²) in [5, 5.41) is 7.09. The number of aryl methyl sites for hydroxylation is 1. The van der Waals surface area contributed by atoms with E-state index in [0.717, 1.165) is 57.5 Å². The number of carbonyl (C=O) groups excluding carboxylic acids is 2. The highest BCUT2D eigenvalue weighted by Gasteiger charge is 2.27. The van der Waals surface area contributed by atoms with E-state index in [9.17, 15) is 9.59 Å². The van der Waals surface area contributed by atoms with Crippen LogP contribution in [0.2, 0.25) is 0 Å². The summed E-state index contributed by atoms with van der Waals surface area (Å²) in [6.45, 7) is 5.15. The van der Waals surface area contributed by atoms with Crippen LogP contribution in [0.4, 0.5) is 0 Å². The summed E-state index contributed by atoms with van der Waals surface area (Å²) in [6, 6.07) is 5.50. The van der Waals surface area contributed by atoms with Crippen LogP contribution in [0.3, 0.4) is 0 Å². The Morgan fingerprint density at radius 3 is 2.71 bits per heavy atom. The van der Waals surface area contributed by atoms with E-state index in [1.165, 1.54) is 0 Å². The number of hydrogen-bond acceptors (Lipinski definition) is 4. The zero-order chi connectivity index (χ0) is 19.5. The molecule has 0 bridgehead atoms. The van der Waals surface area contributed by atoms with Crippen molar-refractivity contribution in [3.8, 4) is 11.5 Å². The van der Waals surface area contributed by atoms with E-state index < -0.39 is 0 Å². The Morgan fingerprint density at radius 1 is 1.18 bits per heavy atom. The molecule has 2 amide bonds. The first-order valence-electron chi connectivity index (χ1n) is 10.3. The first-order chi connectivity index (χ1) is 13.6. The number of likely N-dealkylation sites (tertiary alicyclic amines) is 2. The van der Waals surface area contributed by atoms with Crippen molar-refractivity contribution < 1.29 is 14.0 Å². The van der Waals surface area contributed by atoms with E-state index >= 15 is 0 Å². The minimum absolute atomic E-state index is 0.0543. The average molecular weight is 384 g/mol. The van der Waals surface area contributed by atoms with Gasteiger partial charge in [0, 0.05) is 38.7 Å². The number of carbonyl (C=O) groups is 2. The molecule has 0 radical (unpaired) electrons. The molecule has 2 aliphatic rings. The van der Waals surface area contributed by atoms with Crippen LogP contribution in [0.5, 0.6) is 0 Å². The van der Waals surface area contributed by atoms with Crippen molar-refractivity contribution in [3.63, 3.8) is 0 Å². The van der Waals surface area contributed by atoms with Crippen LogP contribution < -0.4 is 0 Å². The third kappa shape index (κ3) is 4.13. The largest absolute Gasteiger partial charge is 0.460 e. The van der Waals surface area contributed by atoms with Gasteiger partial charge in [-0.3, -0.25) is 14.7 Å². The molecular formula is C21H28N4O3. The molecule has 2 fully saturated rings. The fraction of sp³-hybridized carbons (Fsp3) is 0.571. The van der Waals surface area contributed by atoms with Crippen molar-refractivity contribution in [1.82, 2.24) is 20.0 Å². The molecule has 2 aliphatic heterocycles. The van der Waals surface area contributed by atoms with Gasteiger partial charge in [-0.05, 0) is 57.1 Å². The fourth-order valence-corrected chi connectivity index (χ4v) is 4.24. The minimum atomic E-state index is -0.0543. The van der Waals surface area contributed by atoms with E-state index in [0.29, 0.717) is 36.0 Å². The molecule has 0 aliphatic carbocycles. The third-order valence-electron chi connectivity index (χ3n) is 5.83. The number of nitrogens with zero attached hydrogens (tertiary/aromatic N) is 3. The molecule has 1 atom stereocenters. The van der Waals surface area contributed by atoms with Crippen LogP contribution >= 0.6 is 0 Å². The molecule has 4 heterocycles. The quantitative estimate of drug-likeness (QED) is 0.858. The number of aromatic amines is 1. The highest BCUT2D eigenvalue weighted by molar-refractivity contribution is 5.93. The molecule has 2 aromatic heterocycles. The Labute approximate surface area is 165 Å². The first-order valence-corrected chi connectivity index (χ1v) is 10.3. The van der Waals surface area contributed by atoms with Crippen LogP contribution in [-0.4, -0.2) is 58.0 Å². The number of amides is 2. The van der Waals surface area contributed by atoms with Crippen molar-refractivity contribution in [1.29, 1.82) is 0 Å². The molecule has 0 unspecified atom stereocenters. The van der Waals surface area contributed by atoms with Crippen LogP contribution in [-0.2, 0) is 4.79 Å². The normalized spacial score (nSPS) is 20.0. The maximum absolute atomic E-state index is 12.9. The second-order valence-electron chi connectivity index (χ2n) is 7.96. The van der Waals surface area contributed by atoms with Gasteiger partial charge >= 0.3 is 0 Å². The van der Waals surface area contributed by atoms with E-state index in [1.54, 1.807) is 6.07 Å². The molecular weight excluding hydrogens is 356 g/mol. The Morgan fingerprint density at radius 2 is 1.96 bits per heavy atom. The summed E-state index contributed by atoms with van der Waals surface area (Å²) in [7, 11) is 0. The topological polar surface area (TPSA) is 82.4 Å². The second-order valence-corrected chi connectivity index (χ2v) is 7.96. The highest BCUT2D eigenvalue weighted by Crippen LogP contribution is 2.25. The molecule has 7 heteroatoms. The molecule has 0 aromatic carbocycles. The van der Waals surface area contributed by atoms with Gasteiger partial charge in [-0.2, -0.15) is 5.10 Å². The van der Waals surface area contributed by atoms with Crippen LogP contribution in [0, 0.1) is 12.8 Å². The standard InChI is InChI=1S/C21H28N4O3/c1-15-6-8-19(28-15)17-13-18(23-22-17)21(27)25-12-4-5-16(14-25)7-9-20(26)24-10-2-3-11-24/h6,8,13,16H,2-5,7,9-12,14H2,1H3,(H,22,23)/t16-/m0/s1. The van der Waals surface area contributed by atoms with E-state index in [4.69, 9.17) is 4.42 Å². The van der Waals surface area contributed by atoms with Crippen LogP contribution in [0.15, 0.2) is 22.6 Å². The minimum Gasteiger partial charge on any atom is -0.460 e. The lowest BCUT2D eigenvalue weighted by Crippen LogP contribution is -2.40. The maximum atomic E-state index is 12.9. The van der Waals surface area contributed by atoms with Crippen molar-refractivity contribution in [2.45, 2.75) is 45.4 Å². The zero-order valence-corrected chi connectivity index (χ0v) is 16.4. The predicted octanol–water partition coefficient (Wildman–Crippen LogP) is 3.23. The summed E-state index contributed by atoms with van der Waals surface area (Å²) >= 11 is 0. The number of nitrogens with one attached hydrogen (secondary N) is 1. The molecule has 28 heavy (non-hydrogen) atoms. The third-order valence-corrected chi connectivity index (χ3v) is 5.83. The SMILES string of the molecule is Cc1ccc(-c2cc(C(=O)N3CCC[C@@H](CCC(=O)N4CCCC4)C3)n[nH]2)o1. The number of aromatic nitrogens is 2. The molecule has 1 N–H and O–H groups in total. The van der Waals surface area contributed by atoms with Gasteiger partial charge < -0.3 is 14.2 Å². The van der Waals surface area contributed by atoms with Gasteiger partial charge in [0.2, 0.25) is 5.91 Å². The summed E-state index contributed by atoms with van der Waals surface area (Å²) in [5.74, 6) is 2.10. The second kappa shape index (κ2) is 8.20. The van der Waals surface area contributed by atoms with Gasteiger partial charge in [0.1, 0.15) is 11.5 Å². The highest BCUT2D eigenvalue weighted by atomic mass is 16.3. The van der Waals surface area contributed by atoms with Gasteiger partial charge in [0.05, 0.1) is 0 Å². The Bertz CT molecular complexity index is 834. The van der Waals surface area contributed by atoms with E-state index in [-0.39, 0.29) is 11.8 Å². The van der Waals surface area contributed by atoms with Crippen molar-refractivity contribution in [2.24, 2.45) is 5.92 Å². The Balaban J connectivity index is 1.33. The van der Waals surface area contributed by atoms with E-state index in [2.05, 4.69) is 10.2 Å². The Kier molecular flexibility index (Phi) is 5.50. The zero-order valence-electron chi connectivity index (χ0n) is 16.4. The smallest absolute Gasteiger partial charge is 0.274 e. The summed E-state index contributed by atoms with van der Waals surface area (Å²) < 4.78 is 5.59. The summed E-state index contributed by atoms with van der Waals surface area (Å²) in [5.41, 5.74) is 1.12. The monoisotopic (exact) mass is 384 g/mol. The summed E-state index contributed by atoms with van der Waals surface area (Å²) in [6.07, 6.45) is 5.76. The lowest BCUT2D eigenvalue weighted by atomic mass is 9.93. The maximum Gasteiger partial charge on any atom is 0.274 e. The molecule has 0 spiro atoms. The lowest BCUT2D eigenvalue weighted by molar-refractivity contribution is -0.130. The average Bonchev–Trinajstić information content (AvgIpc) is 3.46. The fourth-order valence-electron chi connectivity index (χ4n) is 4.24. The summed E-state index contributed by atoms with van der Waals surface area (Å²) in [4.78, 5) is 29.0.